The van der Waals surface area contributed by atoms with E-state index in [1.807, 2.05) is 11.9 Å². The Bertz CT molecular complexity index is 1390. The molecule has 0 saturated carbocycles. The SMILES string of the molecule is CN1CC[C@@H](Oc2cc(NS(=O)(=O)c3cc(Br)c(Sc4ccc(F)c(Cl)c4)s3)ccc2C(F)(F)F)C1. The number of nitrogens with zero attached hydrogens (tertiary/aromatic N) is 1. The first-order valence-electron chi connectivity index (χ1n) is 10.3. The first-order valence-corrected chi connectivity index (χ1v) is 14.6. The number of alkyl halides is 3. The minimum absolute atomic E-state index is 0.0617. The third-order valence-electron chi connectivity index (χ3n) is 5.18. The number of benzene rings is 2. The number of nitrogens with one attached hydrogen (secondary N) is 1. The maximum Gasteiger partial charge on any atom is 0.419 e. The highest BCUT2D eigenvalue weighted by molar-refractivity contribution is 9.10. The number of likely N-dealkylation sites (tertiary alicyclic amines) is 1. The summed E-state index contributed by atoms with van der Waals surface area (Å²) in [4.78, 5) is 2.54. The summed E-state index contributed by atoms with van der Waals surface area (Å²) >= 11 is 11.3. The van der Waals surface area contributed by atoms with Crippen LogP contribution in [-0.4, -0.2) is 39.6 Å². The lowest BCUT2D eigenvalue weighted by atomic mass is 10.1. The molecule has 1 aromatic heterocycles. The predicted octanol–water partition coefficient (Wildman–Crippen LogP) is 7.36. The topological polar surface area (TPSA) is 58.6 Å². The molecule has 1 fully saturated rings. The molecule has 0 unspecified atom stereocenters. The van der Waals surface area contributed by atoms with Gasteiger partial charge in [0.05, 0.1) is 20.5 Å². The van der Waals surface area contributed by atoms with E-state index < -0.39 is 39.4 Å². The van der Waals surface area contributed by atoms with Gasteiger partial charge in [-0.1, -0.05) is 23.4 Å². The lowest BCUT2D eigenvalue weighted by Gasteiger charge is -2.19. The van der Waals surface area contributed by atoms with Gasteiger partial charge in [0.2, 0.25) is 0 Å². The molecular formula is C22H18BrClF4N2O3S3. The van der Waals surface area contributed by atoms with Crippen LogP contribution in [0.5, 0.6) is 5.75 Å². The molecule has 5 nitrogen and oxygen atoms in total. The van der Waals surface area contributed by atoms with Crippen LogP contribution in [-0.2, 0) is 16.2 Å². The van der Waals surface area contributed by atoms with E-state index in [1.54, 1.807) is 0 Å². The molecule has 1 aliphatic heterocycles. The van der Waals surface area contributed by atoms with Crippen LogP contribution in [0.4, 0.5) is 23.2 Å². The largest absolute Gasteiger partial charge is 0.488 e. The van der Waals surface area contributed by atoms with Crippen molar-refractivity contribution in [3.63, 3.8) is 0 Å². The van der Waals surface area contributed by atoms with Crippen LogP contribution in [0.1, 0.15) is 12.0 Å². The molecule has 194 valence electrons. The van der Waals surface area contributed by atoms with E-state index in [4.69, 9.17) is 16.3 Å². The smallest absolute Gasteiger partial charge is 0.419 e. The number of anilines is 1. The number of hydrogen-bond donors (Lipinski definition) is 1. The van der Waals surface area contributed by atoms with Crippen LogP contribution < -0.4 is 9.46 Å². The van der Waals surface area contributed by atoms with Crippen molar-refractivity contribution in [2.45, 2.75) is 32.0 Å². The number of thiophene rings is 1. The molecular weight excluding hydrogens is 628 g/mol. The standard InChI is InChI=1S/C22H18BrClF4N2O3S3/c1-30-7-6-13(11-30)33-19-8-12(2-4-15(19)22(26,27)28)29-36(31,32)20-10-16(23)21(35-20)34-14-3-5-18(25)17(24)9-14/h2-5,8-10,13,29H,6-7,11H2,1H3/t13-/m1/s1. The molecule has 2 heterocycles. The molecule has 1 atom stereocenters. The molecule has 1 aliphatic rings. The van der Waals surface area contributed by atoms with Gasteiger partial charge < -0.3 is 9.64 Å². The average molecular weight is 646 g/mol. The van der Waals surface area contributed by atoms with Crippen molar-refractivity contribution in [1.82, 2.24) is 4.90 Å². The summed E-state index contributed by atoms with van der Waals surface area (Å²) in [7, 11) is -2.29. The van der Waals surface area contributed by atoms with Gasteiger partial charge in [0, 0.05) is 28.5 Å². The van der Waals surface area contributed by atoms with Crippen LogP contribution >= 0.6 is 50.6 Å². The van der Waals surface area contributed by atoms with Crippen LogP contribution in [0.2, 0.25) is 5.02 Å². The Morgan fingerprint density at radius 3 is 2.61 bits per heavy atom. The average Bonchev–Trinajstić information content (AvgIpc) is 3.35. The van der Waals surface area contributed by atoms with Gasteiger partial charge in [-0.2, -0.15) is 13.2 Å². The van der Waals surface area contributed by atoms with Crippen molar-refractivity contribution in [2.75, 3.05) is 24.9 Å². The lowest BCUT2D eigenvalue weighted by molar-refractivity contribution is -0.139. The zero-order valence-corrected chi connectivity index (χ0v) is 23.2. The second-order valence-electron chi connectivity index (χ2n) is 7.98. The quantitative estimate of drug-likeness (QED) is 0.272. The summed E-state index contributed by atoms with van der Waals surface area (Å²) in [6, 6.07) is 8.43. The van der Waals surface area contributed by atoms with E-state index >= 15 is 0 Å². The minimum atomic E-state index is -4.66. The second kappa shape index (κ2) is 10.7. The first kappa shape index (κ1) is 27.5. The summed E-state index contributed by atoms with van der Waals surface area (Å²) in [6.07, 6.45) is -4.53. The molecule has 0 amide bonds. The zero-order valence-electron chi connectivity index (χ0n) is 18.4. The summed E-state index contributed by atoms with van der Waals surface area (Å²) in [5.41, 5.74) is -1.04. The Balaban J connectivity index is 1.57. The molecule has 3 aromatic rings. The highest BCUT2D eigenvalue weighted by Crippen LogP contribution is 2.43. The molecule has 0 aliphatic carbocycles. The van der Waals surface area contributed by atoms with Gasteiger partial charge in [-0.05, 0) is 65.8 Å². The van der Waals surface area contributed by atoms with E-state index in [0.717, 1.165) is 29.5 Å². The molecule has 36 heavy (non-hydrogen) atoms. The van der Waals surface area contributed by atoms with Crippen molar-refractivity contribution in [2.24, 2.45) is 0 Å². The lowest BCUT2D eigenvalue weighted by Crippen LogP contribution is -2.23. The van der Waals surface area contributed by atoms with Gasteiger partial charge in [-0.3, -0.25) is 4.72 Å². The summed E-state index contributed by atoms with van der Waals surface area (Å²) in [5, 5.41) is -0.0632. The number of likely N-dealkylation sites (N-methyl/N-ethyl adjacent to an activating group) is 1. The Kier molecular flexibility index (Phi) is 8.18. The van der Waals surface area contributed by atoms with Crippen molar-refractivity contribution >= 4 is 66.3 Å². The van der Waals surface area contributed by atoms with E-state index in [9.17, 15) is 26.0 Å². The van der Waals surface area contributed by atoms with Crippen molar-refractivity contribution in [1.29, 1.82) is 0 Å². The number of halogens is 6. The second-order valence-corrected chi connectivity index (χ2v) is 13.5. The van der Waals surface area contributed by atoms with E-state index in [2.05, 4.69) is 20.7 Å². The van der Waals surface area contributed by atoms with Gasteiger partial charge in [-0.15, -0.1) is 11.3 Å². The number of hydrogen-bond acceptors (Lipinski definition) is 6. The highest BCUT2D eigenvalue weighted by Gasteiger charge is 2.36. The normalized spacial score (nSPS) is 16.9. The summed E-state index contributed by atoms with van der Waals surface area (Å²) in [6.45, 7) is 1.16. The van der Waals surface area contributed by atoms with Crippen molar-refractivity contribution < 1.29 is 30.7 Å². The molecule has 0 spiro atoms. The maximum absolute atomic E-state index is 13.5. The highest BCUT2D eigenvalue weighted by atomic mass is 79.9. The molecule has 1 N–H and O–H groups in total. The van der Waals surface area contributed by atoms with E-state index in [0.29, 0.717) is 33.1 Å². The van der Waals surface area contributed by atoms with Crippen molar-refractivity contribution in [3.05, 3.63) is 63.3 Å². The van der Waals surface area contributed by atoms with Gasteiger partial charge >= 0.3 is 6.18 Å². The van der Waals surface area contributed by atoms with Gasteiger partial charge in [0.15, 0.2) is 0 Å². The fourth-order valence-electron chi connectivity index (χ4n) is 3.47. The van der Waals surface area contributed by atoms with Crippen LogP contribution in [0.15, 0.2) is 60.3 Å². The van der Waals surface area contributed by atoms with E-state index in [1.165, 1.54) is 36.0 Å². The maximum atomic E-state index is 13.5. The Labute approximate surface area is 227 Å². The zero-order chi connectivity index (χ0) is 26.3. The van der Waals surface area contributed by atoms with Crippen LogP contribution in [0.3, 0.4) is 0 Å². The molecule has 0 bridgehead atoms. The summed E-state index contributed by atoms with van der Waals surface area (Å²) < 4.78 is 89.1. The van der Waals surface area contributed by atoms with Gasteiger partial charge in [0.25, 0.3) is 10.0 Å². The first-order chi connectivity index (χ1) is 16.8. The molecule has 4 rings (SSSR count). The number of ether oxygens (including phenoxy) is 1. The monoisotopic (exact) mass is 644 g/mol. The number of rotatable bonds is 7. The van der Waals surface area contributed by atoms with Crippen LogP contribution in [0, 0.1) is 5.82 Å². The Morgan fingerprint density at radius 2 is 1.97 bits per heavy atom. The molecule has 2 aromatic carbocycles. The van der Waals surface area contributed by atoms with Gasteiger partial charge in [0.1, 0.15) is 21.9 Å². The Morgan fingerprint density at radius 1 is 1.22 bits per heavy atom. The predicted molar refractivity (Wildman–Crippen MR) is 136 cm³/mol. The Hall–Kier alpha value is -1.51. The van der Waals surface area contributed by atoms with E-state index in [-0.39, 0.29) is 14.9 Å². The molecule has 14 heteroatoms. The molecule has 1 saturated heterocycles. The van der Waals surface area contributed by atoms with Gasteiger partial charge in [-0.25, -0.2) is 12.8 Å². The third-order valence-corrected chi connectivity index (χ3v) is 10.8. The van der Waals surface area contributed by atoms with Crippen molar-refractivity contribution in [3.8, 4) is 5.75 Å². The minimum Gasteiger partial charge on any atom is -0.488 e. The van der Waals surface area contributed by atoms with Crippen LogP contribution in [0.25, 0.3) is 0 Å². The number of sulfonamides is 1. The summed E-state index contributed by atoms with van der Waals surface area (Å²) in [5.74, 6) is -1.00. The fraction of sp³-hybridized carbons (Fsp3) is 0.273. The fourth-order valence-corrected chi connectivity index (χ4v) is 8.44. The molecule has 0 radical (unpaired) electrons. The third kappa shape index (κ3) is 6.48.